The van der Waals surface area contributed by atoms with Gasteiger partial charge in [-0.3, -0.25) is 9.59 Å². The number of benzene rings is 2. The topological polar surface area (TPSA) is 58.6 Å². The molecule has 0 aliphatic rings. The summed E-state index contributed by atoms with van der Waals surface area (Å²) >= 11 is 9.52. The zero-order valence-corrected chi connectivity index (χ0v) is 19.2. The number of nitrogens with one attached hydrogen (secondary N) is 1. The molecule has 0 unspecified atom stereocenters. The lowest BCUT2D eigenvalue weighted by atomic mass is 10.1. The maximum Gasteiger partial charge on any atom is 0.261 e. The lowest BCUT2D eigenvalue weighted by molar-refractivity contribution is -0.142. The van der Waals surface area contributed by atoms with Crippen LogP contribution in [0, 0.1) is 6.92 Å². The first-order chi connectivity index (χ1) is 13.8. The number of hydrogen-bond donors (Lipinski definition) is 1. The molecule has 2 amide bonds. The Kier molecular flexibility index (Phi) is 8.99. The first-order valence-electron chi connectivity index (χ1n) is 9.56. The van der Waals surface area contributed by atoms with Crippen molar-refractivity contribution in [3.8, 4) is 5.75 Å². The molecule has 0 aliphatic carbocycles. The number of nitrogens with zero attached hydrogens (tertiary/aromatic N) is 1. The molecule has 0 saturated carbocycles. The number of hydrogen-bond acceptors (Lipinski definition) is 3. The molecule has 156 valence electrons. The Morgan fingerprint density at radius 1 is 1.17 bits per heavy atom. The van der Waals surface area contributed by atoms with Crippen molar-refractivity contribution >= 4 is 39.3 Å². The number of carbonyl (C=O) groups is 2. The molecule has 2 aromatic carbocycles. The van der Waals surface area contributed by atoms with Gasteiger partial charge >= 0.3 is 0 Å². The zero-order chi connectivity index (χ0) is 21.4. The highest BCUT2D eigenvalue weighted by Gasteiger charge is 2.28. The van der Waals surface area contributed by atoms with Crippen molar-refractivity contribution in [1.29, 1.82) is 0 Å². The molecular weight excluding hydrogens is 456 g/mol. The van der Waals surface area contributed by atoms with Crippen LogP contribution < -0.4 is 10.1 Å². The van der Waals surface area contributed by atoms with Crippen LogP contribution in [0.4, 0.5) is 0 Å². The second-order valence-electron chi connectivity index (χ2n) is 6.69. The van der Waals surface area contributed by atoms with Crippen molar-refractivity contribution in [2.75, 3.05) is 13.2 Å². The summed E-state index contributed by atoms with van der Waals surface area (Å²) in [6.45, 7) is 6.38. The Balaban J connectivity index is 2.20. The lowest BCUT2D eigenvalue weighted by Crippen LogP contribution is -2.50. The largest absolute Gasteiger partial charge is 0.482 e. The second-order valence-corrected chi connectivity index (χ2v) is 8.01. The van der Waals surface area contributed by atoms with E-state index in [-0.39, 0.29) is 18.4 Å². The van der Waals surface area contributed by atoms with E-state index in [0.717, 1.165) is 15.6 Å². The van der Waals surface area contributed by atoms with Gasteiger partial charge in [0.1, 0.15) is 11.8 Å². The molecule has 1 atom stereocenters. The minimum Gasteiger partial charge on any atom is -0.482 e. The number of carbonyl (C=O) groups excluding carboxylic acids is 2. The van der Waals surface area contributed by atoms with Crippen LogP contribution in [0.5, 0.6) is 5.75 Å². The molecule has 2 rings (SSSR count). The fraction of sp³-hybridized carbons (Fsp3) is 0.364. The Morgan fingerprint density at radius 3 is 2.45 bits per heavy atom. The predicted octanol–water partition coefficient (Wildman–Crippen LogP) is 4.73. The van der Waals surface area contributed by atoms with Gasteiger partial charge in [0, 0.05) is 17.6 Å². The van der Waals surface area contributed by atoms with Gasteiger partial charge in [0.15, 0.2) is 6.61 Å². The normalized spacial score (nSPS) is 11.6. The summed E-state index contributed by atoms with van der Waals surface area (Å²) in [6.07, 6.45) is 0.502. The van der Waals surface area contributed by atoms with Crippen molar-refractivity contribution < 1.29 is 14.3 Å². The minimum absolute atomic E-state index is 0.169. The van der Waals surface area contributed by atoms with E-state index in [2.05, 4.69) is 21.2 Å². The summed E-state index contributed by atoms with van der Waals surface area (Å²) < 4.78 is 6.47. The van der Waals surface area contributed by atoms with Gasteiger partial charge in [-0.05, 0) is 44.0 Å². The summed E-state index contributed by atoms with van der Waals surface area (Å²) in [6, 6.07) is 12.5. The molecule has 0 aliphatic heterocycles. The average molecular weight is 482 g/mol. The standard InChI is InChI=1S/C22H26BrClN2O3/c1-4-19(22(28)25-5-2)26(13-16-8-6-15(3)7-9-16)21(27)14-29-20-11-10-17(23)12-18(20)24/h6-12,19H,4-5,13-14H2,1-3H3,(H,25,28)/t19-/m1/s1. The van der Waals surface area contributed by atoms with E-state index in [9.17, 15) is 9.59 Å². The molecule has 0 spiro atoms. The molecule has 0 saturated heterocycles. The maximum atomic E-state index is 13.0. The van der Waals surface area contributed by atoms with E-state index in [1.54, 1.807) is 23.1 Å². The first kappa shape index (κ1) is 23.2. The van der Waals surface area contributed by atoms with Crippen molar-refractivity contribution in [3.05, 3.63) is 63.1 Å². The van der Waals surface area contributed by atoms with Crippen LogP contribution in [0.1, 0.15) is 31.4 Å². The summed E-state index contributed by atoms with van der Waals surface area (Å²) in [5.41, 5.74) is 2.09. The SMILES string of the molecule is CCNC(=O)[C@@H](CC)N(Cc1ccc(C)cc1)C(=O)COc1ccc(Br)cc1Cl. The third kappa shape index (κ3) is 6.75. The molecule has 0 aromatic heterocycles. The van der Waals surface area contributed by atoms with Gasteiger partial charge in [-0.15, -0.1) is 0 Å². The number of rotatable bonds is 9. The summed E-state index contributed by atoms with van der Waals surface area (Å²) in [5, 5.41) is 3.23. The van der Waals surface area contributed by atoms with Crippen molar-refractivity contribution in [3.63, 3.8) is 0 Å². The van der Waals surface area contributed by atoms with Gasteiger partial charge in [-0.25, -0.2) is 0 Å². The number of amides is 2. The van der Waals surface area contributed by atoms with Gasteiger partial charge in [-0.1, -0.05) is 64.3 Å². The van der Waals surface area contributed by atoms with E-state index in [0.29, 0.717) is 30.3 Å². The number of aryl methyl sites for hydroxylation is 1. The molecule has 2 aromatic rings. The van der Waals surface area contributed by atoms with Crippen molar-refractivity contribution in [2.45, 2.75) is 39.8 Å². The molecule has 0 radical (unpaired) electrons. The minimum atomic E-state index is -0.576. The Morgan fingerprint density at radius 2 is 1.86 bits per heavy atom. The summed E-state index contributed by atoms with van der Waals surface area (Å²) in [7, 11) is 0. The van der Waals surface area contributed by atoms with E-state index in [4.69, 9.17) is 16.3 Å². The van der Waals surface area contributed by atoms with Crippen LogP contribution in [-0.2, 0) is 16.1 Å². The quantitative estimate of drug-likeness (QED) is 0.563. The van der Waals surface area contributed by atoms with Crippen LogP contribution in [0.2, 0.25) is 5.02 Å². The second kappa shape index (κ2) is 11.2. The van der Waals surface area contributed by atoms with Gasteiger partial charge in [0.05, 0.1) is 5.02 Å². The maximum absolute atomic E-state index is 13.0. The van der Waals surface area contributed by atoms with Crippen LogP contribution in [0.3, 0.4) is 0 Å². The van der Waals surface area contributed by atoms with Crippen LogP contribution in [-0.4, -0.2) is 35.9 Å². The molecule has 0 bridgehead atoms. The van der Waals surface area contributed by atoms with Gasteiger partial charge in [-0.2, -0.15) is 0 Å². The molecule has 0 heterocycles. The molecule has 1 N–H and O–H groups in total. The molecule has 5 nitrogen and oxygen atoms in total. The number of halogens is 2. The van der Waals surface area contributed by atoms with E-state index >= 15 is 0 Å². The highest BCUT2D eigenvalue weighted by molar-refractivity contribution is 9.10. The van der Waals surface area contributed by atoms with Crippen LogP contribution in [0.25, 0.3) is 0 Å². The van der Waals surface area contributed by atoms with E-state index in [1.165, 1.54) is 0 Å². The van der Waals surface area contributed by atoms with Crippen molar-refractivity contribution in [1.82, 2.24) is 10.2 Å². The van der Waals surface area contributed by atoms with Crippen LogP contribution >= 0.6 is 27.5 Å². The van der Waals surface area contributed by atoms with Gasteiger partial charge in [0.25, 0.3) is 5.91 Å². The van der Waals surface area contributed by atoms with E-state index < -0.39 is 6.04 Å². The Hall–Kier alpha value is -2.05. The fourth-order valence-electron chi connectivity index (χ4n) is 2.92. The molecule has 29 heavy (non-hydrogen) atoms. The monoisotopic (exact) mass is 480 g/mol. The first-order valence-corrected chi connectivity index (χ1v) is 10.7. The highest BCUT2D eigenvalue weighted by Crippen LogP contribution is 2.27. The molecular formula is C22H26BrClN2O3. The Bertz CT molecular complexity index is 842. The number of likely N-dealkylation sites (N-methyl/N-ethyl adjacent to an activating group) is 1. The van der Waals surface area contributed by atoms with Crippen molar-refractivity contribution in [2.24, 2.45) is 0 Å². The summed E-state index contributed by atoms with van der Waals surface area (Å²) in [5.74, 6) is -0.0237. The number of ether oxygens (including phenoxy) is 1. The van der Waals surface area contributed by atoms with Gasteiger partial charge < -0.3 is 15.0 Å². The molecule has 7 heteroatoms. The van der Waals surface area contributed by atoms with Gasteiger partial charge in [0.2, 0.25) is 5.91 Å². The Labute approximate surface area is 185 Å². The third-order valence-corrected chi connectivity index (χ3v) is 5.24. The highest BCUT2D eigenvalue weighted by atomic mass is 79.9. The molecule has 0 fully saturated rings. The average Bonchev–Trinajstić information content (AvgIpc) is 2.68. The fourth-order valence-corrected chi connectivity index (χ4v) is 3.64. The smallest absolute Gasteiger partial charge is 0.261 e. The zero-order valence-electron chi connectivity index (χ0n) is 16.9. The van der Waals surface area contributed by atoms with E-state index in [1.807, 2.05) is 45.0 Å². The summed E-state index contributed by atoms with van der Waals surface area (Å²) in [4.78, 5) is 27.2. The lowest BCUT2D eigenvalue weighted by Gasteiger charge is -2.30. The predicted molar refractivity (Wildman–Crippen MR) is 119 cm³/mol. The third-order valence-electron chi connectivity index (χ3n) is 4.46. The van der Waals surface area contributed by atoms with Crippen LogP contribution in [0.15, 0.2) is 46.9 Å².